The number of amides is 1. The standard InChI is InChI=1S/C14H15N3O4/c1-8(11(18)15-2)17-13(20)10(12(19)16-14(17)21)9-6-4-3-5-7-9/h3-8,20H,1-2H3,(H,15,18)(H,16,19,21). The molecular weight excluding hydrogens is 274 g/mol. The minimum atomic E-state index is -0.957. The smallest absolute Gasteiger partial charge is 0.331 e. The molecule has 0 saturated heterocycles. The zero-order valence-corrected chi connectivity index (χ0v) is 11.6. The molecule has 1 aromatic heterocycles. The summed E-state index contributed by atoms with van der Waals surface area (Å²) in [5.41, 5.74) is -1.14. The third kappa shape index (κ3) is 2.58. The van der Waals surface area contributed by atoms with Gasteiger partial charge in [0.25, 0.3) is 5.56 Å². The number of aromatic hydroxyl groups is 1. The lowest BCUT2D eigenvalue weighted by molar-refractivity contribution is -0.123. The number of hydrogen-bond donors (Lipinski definition) is 3. The molecule has 7 heteroatoms. The zero-order valence-electron chi connectivity index (χ0n) is 11.6. The first-order chi connectivity index (χ1) is 9.97. The summed E-state index contributed by atoms with van der Waals surface area (Å²) in [7, 11) is 1.42. The zero-order chi connectivity index (χ0) is 15.6. The Morgan fingerprint density at radius 2 is 1.90 bits per heavy atom. The van der Waals surface area contributed by atoms with Gasteiger partial charge in [0, 0.05) is 7.05 Å². The summed E-state index contributed by atoms with van der Waals surface area (Å²) in [5, 5.41) is 12.7. The van der Waals surface area contributed by atoms with Gasteiger partial charge in [0.05, 0.1) is 0 Å². The molecule has 1 atom stereocenters. The van der Waals surface area contributed by atoms with E-state index in [1.807, 2.05) is 0 Å². The summed E-state index contributed by atoms with van der Waals surface area (Å²) in [6.45, 7) is 1.45. The van der Waals surface area contributed by atoms with Crippen LogP contribution in [0.25, 0.3) is 11.1 Å². The molecule has 1 unspecified atom stereocenters. The van der Waals surface area contributed by atoms with Crippen LogP contribution in [-0.4, -0.2) is 27.6 Å². The molecule has 0 bridgehead atoms. The van der Waals surface area contributed by atoms with Gasteiger partial charge in [0.15, 0.2) is 0 Å². The first-order valence-corrected chi connectivity index (χ1v) is 6.32. The van der Waals surface area contributed by atoms with Gasteiger partial charge in [-0.05, 0) is 12.5 Å². The van der Waals surface area contributed by atoms with Crippen LogP contribution >= 0.6 is 0 Å². The van der Waals surface area contributed by atoms with E-state index in [9.17, 15) is 19.5 Å². The Morgan fingerprint density at radius 3 is 2.48 bits per heavy atom. The molecule has 2 aromatic rings. The minimum absolute atomic E-state index is 0.0500. The molecule has 7 nitrogen and oxygen atoms in total. The van der Waals surface area contributed by atoms with Gasteiger partial charge in [-0.2, -0.15) is 0 Å². The van der Waals surface area contributed by atoms with Crippen LogP contribution in [0.2, 0.25) is 0 Å². The topological polar surface area (TPSA) is 104 Å². The first-order valence-electron chi connectivity index (χ1n) is 6.32. The lowest BCUT2D eigenvalue weighted by atomic mass is 10.1. The van der Waals surface area contributed by atoms with E-state index in [1.54, 1.807) is 30.3 Å². The van der Waals surface area contributed by atoms with E-state index >= 15 is 0 Å². The number of aromatic amines is 1. The van der Waals surface area contributed by atoms with Gasteiger partial charge in [-0.1, -0.05) is 30.3 Å². The number of carbonyl (C=O) groups excluding carboxylic acids is 1. The number of carbonyl (C=O) groups is 1. The van der Waals surface area contributed by atoms with Crippen molar-refractivity contribution in [3.63, 3.8) is 0 Å². The largest absolute Gasteiger partial charge is 0.494 e. The van der Waals surface area contributed by atoms with Crippen LogP contribution in [0.1, 0.15) is 13.0 Å². The van der Waals surface area contributed by atoms with E-state index in [2.05, 4.69) is 10.3 Å². The summed E-state index contributed by atoms with van der Waals surface area (Å²) in [5.74, 6) is -0.996. The fourth-order valence-electron chi connectivity index (χ4n) is 2.09. The molecule has 1 heterocycles. The van der Waals surface area contributed by atoms with Crippen LogP contribution < -0.4 is 16.6 Å². The number of rotatable bonds is 3. The minimum Gasteiger partial charge on any atom is -0.494 e. The normalized spacial score (nSPS) is 11.9. The average Bonchev–Trinajstić information content (AvgIpc) is 2.46. The number of nitrogens with zero attached hydrogens (tertiary/aromatic N) is 1. The van der Waals surface area contributed by atoms with Crippen molar-refractivity contribution in [2.45, 2.75) is 13.0 Å². The highest BCUT2D eigenvalue weighted by molar-refractivity contribution is 5.80. The second-order valence-electron chi connectivity index (χ2n) is 4.48. The highest BCUT2D eigenvalue weighted by Gasteiger charge is 2.22. The van der Waals surface area contributed by atoms with Gasteiger partial charge in [-0.25, -0.2) is 4.79 Å². The molecule has 110 valence electrons. The van der Waals surface area contributed by atoms with E-state index in [-0.39, 0.29) is 5.56 Å². The number of aromatic nitrogens is 2. The summed E-state index contributed by atoms with van der Waals surface area (Å²) < 4.78 is 0.850. The summed E-state index contributed by atoms with van der Waals surface area (Å²) in [6.07, 6.45) is 0. The quantitative estimate of drug-likeness (QED) is 0.751. The predicted molar refractivity (Wildman–Crippen MR) is 77.2 cm³/mol. The molecule has 3 N–H and O–H groups in total. The van der Waals surface area contributed by atoms with E-state index in [0.29, 0.717) is 5.56 Å². The third-order valence-corrected chi connectivity index (χ3v) is 3.19. The molecule has 0 aliphatic carbocycles. The summed E-state index contributed by atoms with van der Waals surface area (Å²) in [6, 6.07) is 7.46. The van der Waals surface area contributed by atoms with E-state index in [4.69, 9.17) is 0 Å². The highest BCUT2D eigenvalue weighted by Crippen LogP contribution is 2.25. The fraction of sp³-hybridized carbons (Fsp3) is 0.214. The molecular formula is C14H15N3O4. The maximum Gasteiger partial charge on any atom is 0.331 e. The molecule has 1 aromatic carbocycles. The number of likely N-dealkylation sites (N-methyl/N-ethyl adjacent to an activating group) is 1. The van der Waals surface area contributed by atoms with Crippen LogP contribution in [0.3, 0.4) is 0 Å². The van der Waals surface area contributed by atoms with E-state index < -0.39 is 29.1 Å². The summed E-state index contributed by atoms with van der Waals surface area (Å²) in [4.78, 5) is 37.6. The number of hydrogen-bond acceptors (Lipinski definition) is 4. The Kier molecular flexibility index (Phi) is 3.93. The van der Waals surface area contributed by atoms with Crippen molar-refractivity contribution in [2.24, 2.45) is 0 Å². The van der Waals surface area contributed by atoms with Crippen molar-refractivity contribution in [3.8, 4) is 17.0 Å². The first kappa shape index (κ1) is 14.6. The van der Waals surface area contributed by atoms with Crippen LogP contribution in [-0.2, 0) is 4.79 Å². The number of benzene rings is 1. The second kappa shape index (κ2) is 5.66. The third-order valence-electron chi connectivity index (χ3n) is 3.19. The molecule has 2 rings (SSSR count). The van der Waals surface area contributed by atoms with Gasteiger partial charge >= 0.3 is 5.69 Å². The van der Waals surface area contributed by atoms with Gasteiger partial charge in [0.1, 0.15) is 11.6 Å². The van der Waals surface area contributed by atoms with Crippen molar-refractivity contribution >= 4 is 5.91 Å². The Labute approximate surface area is 119 Å². The SMILES string of the molecule is CNC(=O)C(C)n1c(O)c(-c2ccccc2)c(=O)[nH]c1=O. The average molecular weight is 289 g/mol. The molecule has 0 aliphatic rings. The molecule has 21 heavy (non-hydrogen) atoms. The molecule has 1 amide bonds. The molecule has 0 saturated carbocycles. The van der Waals surface area contributed by atoms with E-state index in [0.717, 1.165) is 4.57 Å². The maximum atomic E-state index is 11.9. The number of H-pyrrole nitrogens is 1. The van der Waals surface area contributed by atoms with Crippen LogP contribution in [0.4, 0.5) is 0 Å². The summed E-state index contributed by atoms with van der Waals surface area (Å²) >= 11 is 0. The van der Waals surface area contributed by atoms with Gasteiger partial charge in [-0.15, -0.1) is 0 Å². The van der Waals surface area contributed by atoms with Crippen molar-refractivity contribution in [2.75, 3.05) is 7.05 Å². The fourth-order valence-corrected chi connectivity index (χ4v) is 2.09. The number of nitrogens with one attached hydrogen (secondary N) is 2. The van der Waals surface area contributed by atoms with Crippen LogP contribution in [0.5, 0.6) is 5.88 Å². The molecule has 0 spiro atoms. The Bertz CT molecular complexity index is 777. The lowest BCUT2D eigenvalue weighted by Gasteiger charge is -2.16. The maximum absolute atomic E-state index is 11.9. The molecule has 0 fully saturated rings. The highest BCUT2D eigenvalue weighted by atomic mass is 16.3. The van der Waals surface area contributed by atoms with Crippen molar-refractivity contribution in [1.82, 2.24) is 14.9 Å². The van der Waals surface area contributed by atoms with Crippen LogP contribution in [0.15, 0.2) is 39.9 Å². The molecule has 0 aliphatic heterocycles. The molecule has 0 radical (unpaired) electrons. The lowest BCUT2D eigenvalue weighted by Crippen LogP contribution is -2.38. The second-order valence-corrected chi connectivity index (χ2v) is 4.48. The van der Waals surface area contributed by atoms with Crippen molar-refractivity contribution in [3.05, 3.63) is 51.2 Å². The van der Waals surface area contributed by atoms with Gasteiger partial charge in [-0.3, -0.25) is 19.1 Å². The van der Waals surface area contributed by atoms with Gasteiger partial charge < -0.3 is 10.4 Å². The Hall–Kier alpha value is -2.83. The van der Waals surface area contributed by atoms with Crippen molar-refractivity contribution in [1.29, 1.82) is 0 Å². The predicted octanol–water partition coefficient (Wildman–Crippen LogP) is 0.216. The van der Waals surface area contributed by atoms with E-state index in [1.165, 1.54) is 14.0 Å². The Morgan fingerprint density at radius 1 is 1.29 bits per heavy atom. The monoisotopic (exact) mass is 289 g/mol. The van der Waals surface area contributed by atoms with Crippen molar-refractivity contribution < 1.29 is 9.90 Å². The van der Waals surface area contributed by atoms with Crippen LogP contribution in [0, 0.1) is 0 Å². The van der Waals surface area contributed by atoms with Gasteiger partial charge in [0.2, 0.25) is 11.8 Å². The Balaban J connectivity index is 2.73.